The minimum absolute atomic E-state index is 0.141. The van der Waals surface area contributed by atoms with Gasteiger partial charge in [-0.1, -0.05) is 18.2 Å². The fraction of sp³-hybridized carbons (Fsp3) is 0.444. The molecule has 2 aromatic carbocycles. The predicted octanol–water partition coefficient (Wildman–Crippen LogP) is 5.82. The molecule has 0 heterocycles. The molecule has 0 aliphatic heterocycles. The number of amides is 1. The number of benzene rings is 2. The van der Waals surface area contributed by atoms with E-state index in [0.717, 1.165) is 29.0 Å². The van der Waals surface area contributed by atoms with Gasteiger partial charge >= 0.3 is 0 Å². The fourth-order valence-corrected chi connectivity index (χ4v) is 6.68. The fourth-order valence-electron chi connectivity index (χ4n) is 6.68. The number of ether oxygens (including phenoxy) is 2. The first-order chi connectivity index (χ1) is 15.1. The SMILES string of the molecule is COc1ccc(/C=C/C(=O)Nc2ccc(C34CC5CC(CC(C5)C3)C4)cc2)cc1OC. The van der Waals surface area contributed by atoms with Crippen LogP contribution in [0.15, 0.2) is 48.5 Å². The molecule has 4 saturated carbocycles. The summed E-state index contributed by atoms with van der Waals surface area (Å²) in [5, 5.41) is 2.98. The summed E-state index contributed by atoms with van der Waals surface area (Å²) in [6.45, 7) is 0. The number of nitrogens with one attached hydrogen (secondary N) is 1. The lowest BCUT2D eigenvalue weighted by Gasteiger charge is -2.57. The molecule has 4 heteroatoms. The molecule has 0 aromatic heterocycles. The average molecular weight is 418 g/mol. The monoisotopic (exact) mass is 417 g/mol. The van der Waals surface area contributed by atoms with Gasteiger partial charge in [0, 0.05) is 11.8 Å². The van der Waals surface area contributed by atoms with E-state index >= 15 is 0 Å². The second-order valence-electron chi connectivity index (χ2n) is 9.71. The highest BCUT2D eigenvalue weighted by Crippen LogP contribution is 2.60. The van der Waals surface area contributed by atoms with Crippen molar-refractivity contribution in [3.8, 4) is 11.5 Å². The Bertz CT molecular complexity index is 957. The summed E-state index contributed by atoms with van der Waals surface area (Å²) in [7, 11) is 3.21. The minimum atomic E-state index is -0.141. The molecule has 0 atom stereocenters. The lowest BCUT2D eigenvalue weighted by Crippen LogP contribution is -2.48. The van der Waals surface area contributed by atoms with E-state index in [0.29, 0.717) is 16.9 Å². The van der Waals surface area contributed by atoms with Crippen LogP contribution < -0.4 is 14.8 Å². The zero-order valence-corrected chi connectivity index (χ0v) is 18.4. The van der Waals surface area contributed by atoms with E-state index in [2.05, 4.69) is 29.6 Å². The van der Waals surface area contributed by atoms with Crippen LogP contribution in [0.2, 0.25) is 0 Å². The van der Waals surface area contributed by atoms with Gasteiger partial charge in [-0.05, 0) is 103 Å². The van der Waals surface area contributed by atoms with Crippen molar-refractivity contribution >= 4 is 17.7 Å². The van der Waals surface area contributed by atoms with Gasteiger partial charge in [0.1, 0.15) is 0 Å². The van der Waals surface area contributed by atoms with Gasteiger partial charge in [-0.25, -0.2) is 0 Å². The number of methoxy groups -OCH3 is 2. The quantitative estimate of drug-likeness (QED) is 0.602. The van der Waals surface area contributed by atoms with Gasteiger partial charge < -0.3 is 14.8 Å². The third-order valence-corrected chi connectivity index (χ3v) is 7.64. The Labute approximate surface area is 184 Å². The third kappa shape index (κ3) is 3.96. The largest absolute Gasteiger partial charge is 0.493 e. The maximum absolute atomic E-state index is 12.4. The van der Waals surface area contributed by atoms with Gasteiger partial charge in [-0.2, -0.15) is 0 Å². The third-order valence-electron chi connectivity index (χ3n) is 7.64. The second kappa shape index (κ2) is 8.07. The maximum Gasteiger partial charge on any atom is 0.248 e. The molecule has 6 rings (SSSR count). The summed E-state index contributed by atoms with van der Waals surface area (Å²) in [4.78, 5) is 12.4. The molecule has 31 heavy (non-hydrogen) atoms. The molecule has 4 aliphatic rings. The zero-order valence-electron chi connectivity index (χ0n) is 18.4. The summed E-state index contributed by atoms with van der Waals surface area (Å²) in [6.07, 6.45) is 11.8. The van der Waals surface area contributed by atoms with E-state index in [4.69, 9.17) is 9.47 Å². The van der Waals surface area contributed by atoms with Crippen LogP contribution in [0.25, 0.3) is 6.08 Å². The molecule has 0 radical (unpaired) electrons. The highest BCUT2D eigenvalue weighted by Gasteiger charge is 2.51. The molecule has 4 nitrogen and oxygen atoms in total. The maximum atomic E-state index is 12.4. The first kappa shape index (κ1) is 20.2. The Morgan fingerprint density at radius 2 is 1.52 bits per heavy atom. The topological polar surface area (TPSA) is 47.6 Å². The number of carbonyl (C=O) groups is 1. The Morgan fingerprint density at radius 1 is 0.903 bits per heavy atom. The van der Waals surface area contributed by atoms with Crippen molar-refractivity contribution in [2.75, 3.05) is 19.5 Å². The Kier molecular flexibility index (Phi) is 5.25. The van der Waals surface area contributed by atoms with Gasteiger partial charge in [0.2, 0.25) is 5.91 Å². The van der Waals surface area contributed by atoms with Crippen LogP contribution in [0.5, 0.6) is 11.5 Å². The molecule has 2 aromatic rings. The van der Waals surface area contributed by atoms with Crippen molar-refractivity contribution in [1.29, 1.82) is 0 Å². The lowest BCUT2D eigenvalue weighted by atomic mass is 9.48. The van der Waals surface area contributed by atoms with Gasteiger partial charge in [0.15, 0.2) is 11.5 Å². The van der Waals surface area contributed by atoms with Crippen LogP contribution in [0.3, 0.4) is 0 Å². The summed E-state index contributed by atoms with van der Waals surface area (Å²) in [6, 6.07) is 14.2. The van der Waals surface area contributed by atoms with Crippen molar-refractivity contribution < 1.29 is 14.3 Å². The Morgan fingerprint density at radius 3 is 2.10 bits per heavy atom. The summed E-state index contributed by atoms with van der Waals surface area (Å²) in [5.41, 5.74) is 3.59. The van der Waals surface area contributed by atoms with E-state index < -0.39 is 0 Å². The van der Waals surface area contributed by atoms with E-state index in [9.17, 15) is 4.79 Å². The molecule has 4 fully saturated rings. The van der Waals surface area contributed by atoms with Crippen LogP contribution in [0.1, 0.15) is 49.7 Å². The molecule has 0 unspecified atom stereocenters. The number of hydrogen-bond acceptors (Lipinski definition) is 3. The molecule has 0 saturated heterocycles. The number of anilines is 1. The van der Waals surface area contributed by atoms with Crippen molar-refractivity contribution in [3.63, 3.8) is 0 Å². The predicted molar refractivity (Wildman–Crippen MR) is 124 cm³/mol. The van der Waals surface area contributed by atoms with Gasteiger partial charge in [-0.15, -0.1) is 0 Å². The summed E-state index contributed by atoms with van der Waals surface area (Å²) in [5.74, 6) is 3.98. The number of rotatable bonds is 6. The number of carbonyl (C=O) groups excluding carboxylic acids is 1. The van der Waals surface area contributed by atoms with E-state index in [1.807, 2.05) is 18.2 Å². The van der Waals surface area contributed by atoms with Gasteiger partial charge in [0.05, 0.1) is 14.2 Å². The zero-order chi connectivity index (χ0) is 21.4. The minimum Gasteiger partial charge on any atom is -0.493 e. The van der Waals surface area contributed by atoms with Crippen LogP contribution >= 0.6 is 0 Å². The average Bonchev–Trinajstić information content (AvgIpc) is 2.77. The smallest absolute Gasteiger partial charge is 0.248 e. The molecular formula is C27H31NO3. The van der Waals surface area contributed by atoms with E-state index in [-0.39, 0.29) is 5.91 Å². The molecule has 1 amide bonds. The van der Waals surface area contributed by atoms with E-state index in [1.165, 1.54) is 44.1 Å². The molecule has 0 spiro atoms. The second-order valence-corrected chi connectivity index (χ2v) is 9.71. The first-order valence-corrected chi connectivity index (χ1v) is 11.4. The summed E-state index contributed by atoms with van der Waals surface area (Å²) >= 11 is 0. The van der Waals surface area contributed by atoms with Crippen molar-refractivity contribution in [1.82, 2.24) is 0 Å². The normalized spacial score (nSPS) is 28.6. The molecule has 4 bridgehead atoms. The van der Waals surface area contributed by atoms with Crippen molar-refractivity contribution in [2.24, 2.45) is 17.8 Å². The van der Waals surface area contributed by atoms with Crippen LogP contribution in [-0.2, 0) is 10.2 Å². The van der Waals surface area contributed by atoms with E-state index in [1.54, 1.807) is 26.4 Å². The molecular weight excluding hydrogens is 386 g/mol. The van der Waals surface area contributed by atoms with Gasteiger partial charge in [-0.3, -0.25) is 4.79 Å². The molecule has 1 N–H and O–H groups in total. The van der Waals surface area contributed by atoms with Crippen LogP contribution in [0, 0.1) is 17.8 Å². The van der Waals surface area contributed by atoms with Crippen LogP contribution in [-0.4, -0.2) is 20.1 Å². The Hall–Kier alpha value is -2.75. The number of hydrogen-bond donors (Lipinski definition) is 1. The lowest BCUT2D eigenvalue weighted by molar-refractivity contribution is -0.111. The standard InChI is InChI=1S/C27H31NO3/c1-30-24-9-3-18(14-25(24)31-2)4-10-26(29)28-23-7-5-22(6-8-23)27-15-19-11-20(16-27)13-21(12-19)17-27/h3-10,14,19-21H,11-13,15-17H2,1-2H3,(H,28,29)/b10-4+. The van der Waals surface area contributed by atoms with Gasteiger partial charge in [0.25, 0.3) is 0 Å². The first-order valence-electron chi connectivity index (χ1n) is 11.4. The van der Waals surface area contributed by atoms with Crippen molar-refractivity contribution in [2.45, 2.75) is 43.9 Å². The Balaban J connectivity index is 1.24. The highest BCUT2D eigenvalue weighted by molar-refractivity contribution is 6.01. The van der Waals surface area contributed by atoms with Crippen LogP contribution in [0.4, 0.5) is 5.69 Å². The summed E-state index contributed by atoms with van der Waals surface area (Å²) < 4.78 is 10.6. The molecule has 162 valence electrons. The molecule has 4 aliphatic carbocycles. The van der Waals surface area contributed by atoms with Crippen molar-refractivity contribution in [3.05, 3.63) is 59.7 Å². The highest BCUT2D eigenvalue weighted by atomic mass is 16.5.